The molecule has 0 aromatic carbocycles. The summed E-state index contributed by atoms with van der Waals surface area (Å²) in [4.78, 5) is 10.8. The molecule has 1 atom stereocenters. The molecule has 3 heteroatoms. The van der Waals surface area contributed by atoms with Crippen molar-refractivity contribution in [2.24, 2.45) is 17.1 Å². The molecule has 13 heavy (non-hydrogen) atoms. The van der Waals surface area contributed by atoms with Gasteiger partial charge >= 0.3 is 0 Å². The number of amides is 1. The third-order valence-electron chi connectivity index (χ3n) is 1.85. The van der Waals surface area contributed by atoms with Crippen molar-refractivity contribution in [1.82, 2.24) is 0 Å². The number of carbonyl (C=O) groups is 1. The Labute approximate surface area is 81.7 Å². The van der Waals surface area contributed by atoms with Gasteiger partial charge in [0.1, 0.15) is 0 Å². The monoisotopic (exact) mass is 177 g/mol. The maximum Gasteiger partial charge on any atom is 0.232 e. The molecular formula is C10H16BNO. The lowest BCUT2D eigenvalue weighted by atomic mass is 9.79. The average molecular weight is 177 g/mol. The molecule has 0 rings (SSSR count). The Hall–Kier alpha value is -0.905. The molecule has 1 unspecified atom stereocenters. The topological polar surface area (TPSA) is 43.1 Å². The van der Waals surface area contributed by atoms with Crippen molar-refractivity contribution in [2.45, 2.75) is 33.5 Å². The minimum atomic E-state index is -0.358. The summed E-state index contributed by atoms with van der Waals surface area (Å²) in [7, 11) is 5.49. The zero-order valence-corrected chi connectivity index (χ0v) is 8.55. The zero-order valence-electron chi connectivity index (χ0n) is 8.55. The van der Waals surface area contributed by atoms with Gasteiger partial charge in [0.2, 0.25) is 5.91 Å². The molecule has 0 aromatic heterocycles. The van der Waals surface area contributed by atoms with Crippen molar-refractivity contribution in [1.29, 1.82) is 0 Å². The summed E-state index contributed by atoms with van der Waals surface area (Å²) in [5, 5.41) is 0. The average Bonchev–Trinajstić information content (AvgIpc) is 2.05. The molecular weight excluding hydrogens is 161 g/mol. The molecule has 0 fully saturated rings. The van der Waals surface area contributed by atoms with Crippen LogP contribution in [0.3, 0.4) is 0 Å². The summed E-state index contributed by atoms with van der Waals surface area (Å²) in [6.45, 7) is 5.76. The quantitative estimate of drug-likeness (QED) is 0.509. The number of rotatable bonds is 3. The summed E-state index contributed by atoms with van der Waals surface area (Å²) in [5.74, 6) is 5.12. The summed E-state index contributed by atoms with van der Waals surface area (Å²) < 4.78 is 0. The summed E-state index contributed by atoms with van der Waals surface area (Å²) in [5.41, 5.74) is 4.91. The second kappa shape index (κ2) is 4.96. The molecule has 0 aromatic rings. The minimum Gasteiger partial charge on any atom is -0.369 e. The van der Waals surface area contributed by atoms with Crippen molar-refractivity contribution in [3.05, 3.63) is 0 Å². The van der Waals surface area contributed by atoms with E-state index in [4.69, 9.17) is 13.6 Å². The van der Waals surface area contributed by atoms with Gasteiger partial charge in [-0.2, -0.15) is 0 Å². The highest BCUT2D eigenvalue weighted by Gasteiger charge is 2.12. The van der Waals surface area contributed by atoms with E-state index in [1.807, 2.05) is 20.8 Å². The predicted molar refractivity (Wildman–Crippen MR) is 55.1 cm³/mol. The van der Waals surface area contributed by atoms with Crippen LogP contribution in [-0.4, -0.2) is 13.8 Å². The molecule has 0 saturated carbocycles. The fraction of sp³-hybridized carbons (Fsp3) is 0.700. The van der Waals surface area contributed by atoms with Crippen LogP contribution in [0.2, 0.25) is 6.32 Å². The highest BCUT2D eigenvalue weighted by molar-refractivity contribution is 6.09. The third-order valence-corrected chi connectivity index (χ3v) is 1.85. The maximum atomic E-state index is 10.8. The van der Waals surface area contributed by atoms with Gasteiger partial charge < -0.3 is 5.73 Å². The Morgan fingerprint density at radius 2 is 2.15 bits per heavy atom. The van der Waals surface area contributed by atoms with Crippen LogP contribution in [0.25, 0.3) is 0 Å². The van der Waals surface area contributed by atoms with E-state index in [0.717, 1.165) is 0 Å². The maximum absolute atomic E-state index is 10.8. The van der Waals surface area contributed by atoms with Crippen LogP contribution in [0, 0.1) is 23.2 Å². The van der Waals surface area contributed by atoms with Gasteiger partial charge in [-0.15, -0.1) is 0 Å². The Balaban J connectivity index is 4.45. The van der Waals surface area contributed by atoms with Crippen LogP contribution in [0.4, 0.5) is 0 Å². The van der Waals surface area contributed by atoms with E-state index < -0.39 is 0 Å². The van der Waals surface area contributed by atoms with Gasteiger partial charge in [0, 0.05) is 5.41 Å². The molecule has 0 heterocycles. The van der Waals surface area contributed by atoms with E-state index in [9.17, 15) is 4.79 Å². The minimum absolute atomic E-state index is 0.233. The number of primary amides is 1. The first-order valence-corrected chi connectivity index (χ1v) is 4.45. The first kappa shape index (κ1) is 12.1. The Morgan fingerprint density at radius 3 is 2.46 bits per heavy atom. The largest absolute Gasteiger partial charge is 0.369 e. The summed E-state index contributed by atoms with van der Waals surface area (Å²) >= 11 is 0. The molecule has 0 aliphatic rings. The van der Waals surface area contributed by atoms with Crippen molar-refractivity contribution in [3.63, 3.8) is 0 Å². The van der Waals surface area contributed by atoms with E-state index in [0.29, 0.717) is 12.7 Å². The van der Waals surface area contributed by atoms with Crippen molar-refractivity contribution in [3.8, 4) is 11.8 Å². The molecule has 70 valence electrons. The van der Waals surface area contributed by atoms with E-state index in [1.165, 1.54) is 0 Å². The van der Waals surface area contributed by atoms with E-state index in [2.05, 4.69) is 11.8 Å². The molecule has 2 nitrogen and oxygen atoms in total. The lowest BCUT2D eigenvalue weighted by Gasteiger charge is -2.14. The zero-order chi connectivity index (χ0) is 10.5. The normalized spacial score (nSPS) is 12.8. The number of carbonyl (C=O) groups excluding carboxylic acids is 1. The van der Waals surface area contributed by atoms with Crippen LogP contribution in [0.5, 0.6) is 0 Å². The summed E-state index contributed by atoms with van der Waals surface area (Å²) in [6.07, 6.45) is 1.14. The van der Waals surface area contributed by atoms with Gasteiger partial charge in [0.15, 0.2) is 0 Å². The van der Waals surface area contributed by atoms with Crippen molar-refractivity contribution in [2.75, 3.05) is 0 Å². The molecule has 2 N–H and O–H groups in total. The van der Waals surface area contributed by atoms with Gasteiger partial charge in [-0.05, 0) is 20.3 Å². The van der Waals surface area contributed by atoms with E-state index >= 15 is 0 Å². The fourth-order valence-electron chi connectivity index (χ4n) is 0.708. The van der Waals surface area contributed by atoms with E-state index in [1.54, 1.807) is 0 Å². The summed E-state index contributed by atoms with van der Waals surface area (Å²) in [6, 6.07) is 0. The number of hydrogen-bond acceptors (Lipinski definition) is 1. The molecule has 0 bridgehead atoms. The number of nitrogens with two attached hydrogens (primary N) is 1. The molecule has 2 radical (unpaired) electrons. The van der Waals surface area contributed by atoms with Gasteiger partial charge in [-0.3, -0.25) is 4.79 Å². The lowest BCUT2D eigenvalue weighted by Crippen LogP contribution is -2.21. The van der Waals surface area contributed by atoms with Gasteiger partial charge in [0.25, 0.3) is 0 Å². The first-order chi connectivity index (χ1) is 5.93. The Kier molecular flexibility index (Phi) is 4.62. The standard InChI is InChI=1S/C10H16BNO/c1-4-8(9(12)13)5-6-10(2,3)7-11/h8H,4,7H2,1-3H3,(H2,12,13). The van der Waals surface area contributed by atoms with Gasteiger partial charge in [-0.1, -0.05) is 25.1 Å². The molecule has 0 saturated heterocycles. The molecule has 1 amide bonds. The van der Waals surface area contributed by atoms with Crippen LogP contribution < -0.4 is 5.73 Å². The highest BCUT2D eigenvalue weighted by Crippen LogP contribution is 2.17. The van der Waals surface area contributed by atoms with E-state index in [-0.39, 0.29) is 17.2 Å². The third kappa shape index (κ3) is 4.62. The lowest BCUT2D eigenvalue weighted by molar-refractivity contribution is -0.120. The van der Waals surface area contributed by atoms with Crippen molar-refractivity contribution < 1.29 is 4.79 Å². The number of hydrogen-bond donors (Lipinski definition) is 1. The molecule has 0 aliphatic carbocycles. The second-order valence-electron chi connectivity index (χ2n) is 3.72. The second-order valence-corrected chi connectivity index (χ2v) is 3.72. The Bertz CT molecular complexity index is 237. The van der Waals surface area contributed by atoms with Gasteiger partial charge in [-0.25, -0.2) is 0 Å². The smallest absolute Gasteiger partial charge is 0.232 e. The van der Waals surface area contributed by atoms with Crippen molar-refractivity contribution >= 4 is 13.8 Å². The first-order valence-electron chi connectivity index (χ1n) is 4.45. The molecule has 0 spiro atoms. The van der Waals surface area contributed by atoms with Crippen LogP contribution >= 0.6 is 0 Å². The van der Waals surface area contributed by atoms with Gasteiger partial charge in [0.05, 0.1) is 13.8 Å². The Morgan fingerprint density at radius 1 is 1.62 bits per heavy atom. The molecule has 0 aliphatic heterocycles. The fourth-order valence-corrected chi connectivity index (χ4v) is 0.708. The van der Waals surface area contributed by atoms with Crippen LogP contribution in [0.1, 0.15) is 27.2 Å². The van der Waals surface area contributed by atoms with Crippen LogP contribution in [0.15, 0.2) is 0 Å². The van der Waals surface area contributed by atoms with Crippen LogP contribution in [-0.2, 0) is 4.79 Å². The predicted octanol–water partition coefficient (Wildman–Crippen LogP) is 1.11. The highest BCUT2D eigenvalue weighted by atomic mass is 16.1. The SMILES string of the molecule is [B]CC(C)(C)C#CC(CC)C(N)=O.